The van der Waals surface area contributed by atoms with Crippen LogP contribution in [0, 0.1) is 11.3 Å². The monoisotopic (exact) mass is 446 g/mol. The van der Waals surface area contributed by atoms with E-state index in [0.29, 0.717) is 38.3 Å². The van der Waals surface area contributed by atoms with E-state index in [-0.39, 0.29) is 5.56 Å². The zero-order valence-corrected chi connectivity index (χ0v) is 18.6. The molecule has 1 saturated heterocycles. The summed E-state index contributed by atoms with van der Waals surface area (Å²) in [5.41, 5.74) is 4.36. The molecule has 1 fully saturated rings. The van der Waals surface area contributed by atoms with Gasteiger partial charge in [0.25, 0.3) is 5.56 Å². The fourth-order valence-electron chi connectivity index (χ4n) is 4.62. The van der Waals surface area contributed by atoms with Gasteiger partial charge in [-0.3, -0.25) is 9.78 Å². The fraction of sp³-hybridized carbons (Fsp3) is 0.478. The molecule has 3 aromatic heterocycles. The van der Waals surface area contributed by atoms with Gasteiger partial charge < -0.3 is 9.64 Å². The molecule has 10 heteroatoms. The van der Waals surface area contributed by atoms with E-state index in [9.17, 15) is 10.1 Å². The van der Waals surface area contributed by atoms with E-state index in [1.807, 2.05) is 21.8 Å². The lowest BCUT2D eigenvalue weighted by molar-refractivity contribution is -0.0425. The Labute approximate surface area is 191 Å². The summed E-state index contributed by atoms with van der Waals surface area (Å²) >= 11 is 0. The minimum atomic E-state index is -0.403. The molecule has 0 saturated carbocycles. The number of nitrogens with zero attached hydrogens (tertiary/aromatic N) is 8. The van der Waals surface area contributed by atoms with Crippen molar-refractivity contribution in [3.05, 3.63) is 63.1 Å². The third-order valence-electron chi connectivity index (χ3n) is 6.38. The van der Waals surface area contributed by atoms with Crippen LogP contribution < -0.4 is 10.5 Å². The first-order valence-corrected chi connectivity index (χ1v) is 11.4. The van der Waals surface area contributed by atoms with Crippen molar-refractivity contribution in [2.24, 2.45) is 0 Å². The summed E-state index contributed by atoms with van der Waals surface area (Å²) in [5, 5.41) is 22.9. The van der Waals surface area contributed by atoms with Gasteiger partial charge in [0.05, 0.1) is 30.7 Å². The molecule has 5 heterocycles. The van der Waals surface area contributed by atoms with Crippen LogP contribution in [-0.4, -0.2) is 42.9 Å². The number of fused-ring (bicyclic) bond motifs is 1. The largest absolute Gasteiger partial charge is 0.363 e. The molecular formula is C23H26N8O2. The van der Waals surface area contributed by atoms with Crippen LogP contribution in [0.15, 0.2) is 29.3 Å². The first-order valence-electron chi connectivity index (χ1n) is 11.4. The predicted octanol–water partition coefficient (Wildman–Crippen LogP) is 1.97. The van der Waals surface area contributed by atoms with E-state index in [0.717, 1.165) is 48.3 Å². The van der Waals surface area contributed by atoms with Crippen LogP contribution in [0.3, 0.4) is 0 Å². The quantitative estimate of drug-likeness (QED) is 0.584. The van der Waals surface area contributed by atoms with Crippen molar-refractivity contribution in [1.29, 1.82) is 5.26 Å². The van der Waals surface area contributed by atoms with Crippen LogP contribution in [0.2, 0.25) is 0 Å². The van der Waals surface area contributed by atoms with Crippen LogP contribution in [0.1, 0.15) is 60.6 Å². The lowest BCUT2D eigenvalue weighted by atomic mass is 10.1. The highest BCUT2D eigenvalue weighted by Crippen LogP contribution is 2.26. The molecule has 1 atom stereocenters. The molecule has 1 unspecified atom stereocenters. The molecule has 170 valence electrons. The summed E-state index contributed by atoms with van der Waals surface area (Å²) in [6.07, 6.45) is 7.27. The molecule has 5 rings (SSSR count). The third kappa shape index (κ3) is 4.00. The topological polar surface area (TPSA) is 115 Å². The smallest absolute Gasteiger partial charge is 0.289 e. The number of nitriles is 1. The Morgan fingerprint density at radius 1 is 1.33 bits per heavy atom. The third-order valence-corrected chi connectivity index (χ3v) is 6.38. The number of rotatable bonds is 5. The van der Waals surface area contributed by atoms with Crippen molar-refractivity contribution in [2.75, 3.05) is 18.1 Å². The number of aryl methyl sites for hydroxylation is 1. The molecule has 0 radical (unpaired) electrons. The second-order valence-corrected chi connectivity index (χ2v) is 8.36. The maximum atomic E-state index is 13.0. The predicted molar refractivity (Wildman–Crippen MR) is 120 cm³/mol. The highest BCUT2D eigenvalue weighted by Gasteiger charge is 2.27. The minimum Gasteiger partial charge on any atom is -0.363 e. The van der Waals surface area contributed by atoms with Crippen LogP contribution in [0.4, 0.5) is 5.69 Å². The van der Waals surface area contributed by atoms with Crippen molar-refractivity contribution in [3.8, 4) is 6.07 Å². The maximum absolute atomic E-state index is 13.0. The van der Waals surface area contributed by atoms with Gasteiger partial charge in [-0.2, -0.15) is 15.0 Å². The average molecular weight is 447 g/mol. The molecule has 3 aromatic rings. The van der Waals surface area contributed by atoms with E-state index >= 15 is 0 Å². The summed E-state index contributed by atoms with van der Waals surface area (Å²) in [5.74, 6) is 0. The summed E-state index contributed by atoms with van der Waals surface area (Å²) in [4.78, 5) is 19.5. The molecular weight excluding hydrogens is 420 g/mol. The fourth-order valence-corrected chi connectivity index (χ4v) is 4.62. The van der Waals surface area contributed by atoms with Gasteiger partial charge in [-0.25, -0.2) is 4.68 Å². The van der Waals surface area contributed by atoms with Gasteiger partial charge in [0.15, 0.2) is 6.23 Å². The van der Waals surface area contributed by atoms with E-state index in [4.69, 9.17) is 4.74 Å². The Bertz CT molecular complexity index is 1250. The molecule has 0 aliphatic carbocycles. The SMILES string of the molecule is CCc1ncccc1Cn1nnc2c1CCN(c1cnn(C3CCCCO3)c(=O)c1C#N)C2. The molecule has 0 bridgehead atoms. The number of hydrogen-bond donors (Lipinski definition) is 0. The average Bonchev–Trinajstić information content (AvgIpc) is 3.26. The minimum absolute atomic E-state index is 0.0953. The molecule has 0 spiro atoms. The number of aromatic nitrogens is 6. The van der Waals surface area contributed by atoms with E-state index in [1.54, 1.807) is 6.20 Å². The van der Waals surface area contributed by atoms with E-state index in [2.05, 4.69) is 39.5 Å². The Morgan fingerprint density at radius 2 is 2.24 bits per heavy atom. The zero-order chi connectivity index (χ0) is 22.8. The highest BCUT2D eigenvalue weighted by atomic mass is 16.5. The van der Waals surface area contributed by atoms with Crippen molar-refractivity contribution in [2.45, 2.75) is 58.3 Å². The maximum Gasteiger partial charge on any atom is 0.289 e. The molecule has 0 aromatic carbocycles. The van der Waals surface area contributed by atoms with Gasteiger partial charge in [0.1, 0.15) is 17.3 Å². The number of ether oxygens (including phenoxy) is 1. The lowest BCUT2D eigenvalue weighted by Crippen LogP contribution is -2.37. The van der Waals surface area contributed by atoms with Gasteiger partial charge in [-0.1, -0.05) is 18.2 Å². The van der Waals surface area contributed by atoms with E-state index in [1.165, 1.54) is 4.68 Å². The molecule has 2 aliphatic heterocycles. The van der Waals surface area contributed by atoms with Gasteiger partial charge in [-0.05, 0) is 37.3 Å². The molecule has 0 N–H and O–H groups in total. The second-order valence-electron chi connectivity index (χ2n) is 8.36. The van der Waals surface area contributed by atoms with Crippen LogP contribution in [0.5, 0.6) is 0 Å². The molecule has 2 aliphatic rings. The highest BCUT2D eigenvalue weighted by molar-refractivity contribution is 5.57. The number of anilines is 1. The summed E-state index contributed by atoms with van der Waals surface area (Å²) in [6, 6.07) is 6.11. The summed E-state index contributed by atoms with van der Waals surface area (Å²) in [6.45, 7) is 4.44. The number of pyridine rings is 1. The lowest BCUT2D eigenvalue weighted by Gasteiger charge is -2.29. The zero-order valence-electron chi connectivity index (χ0n) is 18.6. The Balaban J connectivity index is 1.39. The first-order chi connectivity index (χ1) is 16.2. The van der Waals surface area contributed by atoms with Gasteiger partial charge >= 0.3 is 0 Å². The Hall–Kier alpha value is -3.58. The Kier molecular flexibility index (Phi) is 5.88. The second kappa shape index (κ2) is 9.11. The molecule has 0 amide bonds. The molecule has 33 heavy (non-hydrogen) atoms. The first kappa shape index (κ1) is 21.3. The van der Waals surface area contributed by atoms with Crippen molar-refractivity contribution >= 4 is 5.69 Å². The van der Waals surface area contributed by atoms with Gasteiger partial charge in [-0.15, -0.1) is 5.10 Å². The number of hydrogen-bond acceptors (Lipinski definition) is 8. The Morgan fingerprint density at radius 3 is 3.03 bits per heavy atom. The summed E-state index contributed by atoms with van der Waals surface area (Å²) < 4.78 is 8.94. The molecule has 10 nitrogen and oxygen atoms in total. The van der Waals surface area contributed by atoms with Gasteiger partial charge in [0, 0.05) is 31.5 Å². The normalized spacial score (nSPS) is 18.1. The van der Waals surface area contributed by atoms with Crippen molar-refractivity contribution < 1.29 is 4.74 Å². The van der Waals surface area contributed by atoms with Crippen LogP contribution >= 0.6 is 0 Å². The van der Waals surface area contributed by atoms with E-state index < -0.39 is 11.8 Å². The standard InChI is InChI=1S/C23H26N8O2/c1-2-18-16(6-5-9-25-18)14-30-20-8-10-29(15-19(20)27-28-30)21-13-26-31(23(32)17(21)12-24)22-7-3-4-11-33-22/h5-6,9,13,22H,2-4,7-8,10-11,14-15H2,1H3. The van der Waals surface area contributed by atoms with Crippen LogP contribution in [0.25, 0.3) is 0 Å². The van der Waals surface area contributed by atoms with Crippen LogP contribution in [-0.2, 0) is 30.7 Å². The van der Waals surface area contributed by atoms with Crippen molar-refractivity contribution in [3.63, 3.8) is 0 Å². The van der Waals surface area contributed by atoms with Crippen molar-refractivity contribution in [1.82, 2.24) is 29.8 Å². The summed E-state index contributed by atoms with van der Waals surface area (Å²) in [7, 11) is 0. The van der Waals surface area contributed by atoms with Gasteiger partial charge in [0.2, 0.25) is 0 Å².